The van der Waals surface area contributed by atoms with Crippen LogP contribution in [0.3, 0.4) is 0 Å². The molecule has 1 heterocycles. The van der Waals surface area contributed by atoms with Gasteiger partial charge in [0.15, 0.2) is 0 Å². The monoisotopic (exact) mass is 713 g/mol. The van der Waals surface area contributed by atoms with Crippen molar-refractivity contribution >= 4 is 64.9 Å². The van der Waals surface area contributed by atoms with Gasteiger partial charge < -0.3 is 4.57 Å². The molecule has 0 saturated carbocycles. The number of fused-ring (bicyclic) bond motifs is 11. The average molecular weight is 714 g/mol. The van der Waals surface area contributed by atoms with Crippen molar-refractivity contribution in [3.63, 3.8) is 0 Å². The van der Waals surface area contributed by atoms with Crippen LogP contribution in [0.2, 0.25) is 0 Å². The van der Waals surface area contributed by atoms with Gasteiger partial charge in [0.25, 0.3) is 0 Å². The summed E-state index contributed by atoms with van der Waals surface area (Å²) in [5.74, 6) is 0.793. The fourth-order valence-corrected chi connectivity index (χ4v) is 10.6. The van der Waals surface area contributed by atoms with Gasteiger partial charge in [-0.1, -0.05) is 172 Å². The van der Waals surface area contributed by atoms with Crippen molar-refractivity contribution in [2.75, 3.05) is 0 Å². The van der Waals surface area contributed by atoms with Crippen LogP contribution in [0, 0.1) is 5.92 Å². The van der Waals surface area contributed by atoms with E-state index in [1.807, 2.05) is 0 Å². The highest BCUT2D eigenvalue weighted by atomic mass is 15.0. The van der Waals surface area contributed by atoms with Crippen LogP contribution in [0.1, 0.15) is 30.9 Å². The zero-order valence-electron chi connectivity index (χ0n) is 31.5. The van der Waals surface area contributed by atoms with Crippen LogP contribution in [0.5, 0.6) is 0 Å². The van der Waals surface area contributed by atoms with Gasteiger partial charge in [-0.3, -0.25) is 0 Å². The molecule has 0 amide bonds. The van der Waals surface area contributed by atoms with E-state index in [0.717, 1.165) is 0 Å². The Morgan fingerprint density at radius 1 is 0.446 bits per heavy atom. The highest BCUT2D eigenvalue weighted by Gasteiger charge is 2.45. The van der Waals surface area contributed by atoms with Gasteiger partial charge in [-0.05, 0) is 107 Å². The first kappa shape index (κ1) is 31.6. The number of benzene rings is 9. The molecule has 1 heteroatoms. The van der Waals surface area contributed by atoms with E-state index < -0.39 is 0 Å². The molecule has 264 valence electrons. The molecule has 1 aromatic heterocycles. The Labute approximate surface area is 326 Å². The number of hydrogen-bond acceptors (Lipinski definition) is 0. The molecule has 0 spiro atoms. The van der Waals surface area contributed by atoms with Crippen molar-refractivity contribution in [1.82, 2.24) is 4.57 Å². The van der Waals surface area contributed by atoms with E-state index in [9.17, 15) is 0 Å². The largest absolute Gasteiger partial charge is 0.308 e. The Bertz CT molecular complexity index is 3300. The average Bonchev–Trinajstić information content (AvgIpc) is 3.70. The zero-order valence-corrected chi connectivity index (χ0v) is 31.5. The Morgan fingerprint density at radius 3 is 1.79 bits per heavy atom. The highest BCUT2D eigenvalue weighted by Crippen LogP contribution is 2.57. The maximum absolute atomic E-state index is 2.59. The summed E-state index contributed by atoms with van der Waals surface area (Å²) in [5.41, 5.74) is 11.7. The Kier molecular flexibility index (Phi) is 6.58. The number of aromatic nitrogens is 1. The van der Waals surface area contributed by atoms with E-state index in [1.54, 1.807) is 0 Å². The van der Waals surface area contributed by atoms with Gasteiger partial charge in [0.1, 0.15) is 0 Å². The van der Waals surface area contributed by atoms with Crippen LogP contribution in [0.15, 0.2) is 188 Å². The van der Waals surface area contributed by atoms with Crippen molar-refractivity contribution in [2.24, 2.45) is 5.92 Å². The van der Waals surface area contributed by atoms with Gasteiger partial charge in [0.05, 0.1) is 16.7 Å². The second-order valence-electron chi connectivity index (χ2n) is 16.4. The summed E-state index contributed by atoms with van der Waals surface area (Å²) in [5, 5.41) is 12.8. The third-order valence-corrected chi connectivity index (χ3v) is 13.2. The van der Waals surface area contributed by atoms with E-state index in [1.165, 1.54) is 104 Å². The summed E-state index contributed by atoms with van der Waals surface area (Å²) in [6.07, 6.45) is 9.38. The van der Waals surface area contributed by atoms with E-state index in [4.69, 9.17) is 0 Å². The van der Waals surface area contributed by atoms with E-state index in [-0.39, 0.29) is 5.41 Å². The fourth-order valence-electron chi connectivity index (χ4n) is 10.6. The first-order valence-electron chi connectivity index (χ1n) is 19.9. The van der Waals surface area contributed by atoms with Gasteiger partial charge in [0, 0.05) is 27.5 Å². The normalized spacial score (nSPS) is 17.1. The first-order chi connectivity index (χ1) is 27.6. The quantitative estimate of drug-likeness (QED) is 0.161. The number of hydrogen-bond donors (Lipinski definition) is 0. The minimum atomic E-state index is -0.0230. The predicted octanol–water partition coefficient (Wildman–Crippen LogP) is 14.8. The number of nitrogens with zero attached hydrogens (tertiary/aromatic N) is 1. The summed E-state index contributed by atoms with van der Waals surface area (Å²) in [4.78, 5) is 0. The molecule has 0 N–H and O–H groups in total. The van der Waals surface area contributed by atoms with Crippen LogP contribution < -0.4 is 0 Å². The lowest BCUT2D eigenvalue weighted by Gasteiger charge is -2.29. The number of allylic oxidation sites excluding steroid dienone is 4. The summed E-state index contributed by atoms with van der Waals surface area (Å²) >= 11 is 0. The SMILES string of the molecule is CC1(C)c2cc(-c3c4ccccc4c(-n4c5ccccc5c5ccccc54)c4ccc(-c5ccc6ccccc6c5)cc34)c3ccccc3c2C2C=CC=CC21. The molecule has 0 aliphatic heterocycles. The standard InChI is InChI=1S/C55H39N/c1-55(2)48-24-12-9-23-45(48)53-41-20-6-5-17-38(41)47(33-49(53)55)52-42-21-7-8-22-43(42)54(56-50-25-13-10-18-39(50)40-19-11-14-26-51(40)56)44-30-29-37(32-46(44)52)36-28-27-34-15-3-4-16-35(34)31-36/h3-33,45,48H,1-2H3. The molecule has 12 rings (SSSR count). The third kappa shape index (κ3) is 4.31. The molecular formula is C55H39N. The molecule has 0 radical (unpaired) electrons. The van der Waals surface area contributed by atoms with Crippen LogP contribution >= 0.6 is 0 Å². The summed E-state index contributed by atoms with van der Waals surface area (Å²) in [7, 11) is 0. The molecule has 2 atom stereocenters. The highest BCUT2D eigenvalue weighted by molar-refractivity contribution is 6.23. The molecular weight excluding hydrogens is 675 g/mol. The molecule has 9 aromatic carbocycles. The first-order valence-corrected chi connectivity index (χ1v) is 19.9. The molecule has 0 saturated heterocycles. The van der Waals surface area contributed by atoms with Crippen molar-refractivity contribution in [3.8, 4) is 27.9 Å². The van der Waals surface area contributed by atoms with Crippen LogP contribution in [0.4, 0.5) is 0 Å². The lowest BCUT2D eigenvalue weighted by molar-refractivity contribution is 0.394. The van der Waals surface area contributed by atoms with Gasteiger partial charge in [-0.25, -0.2) is 0 Å². The second kappa shape index (κ2) is 11.7. The van der Waals surface area contributed by atoms with Gasteiger partial charge in [-0.15, -0.1) is 0 Å². The topological polar surface area (TPSA) is 4.93 Å². The van der Waals surface area contributed by atoms with E-state index in [0.29, 0.717) is 11.8 Å². The molecule has 0 bridgehead atoms. The second-order valence-corrected chi connectivity index (χ2v) is 16.4. The molecule has 2 aliphatic rings. The fraction of sp³-hybridized carbons (Fsp3) is 0.0909. The molecule has 2 aliphatic carbocycles. The molecule has 0 fully saturated rings. The third-order valence-electron chi connectivity index (χ3n) is 13.2. The minimum Gasteiger partial charge on any atom is -0.308 e. The van der Waals surface area contributed by atoms with Crippen molar-refractivity contribution in [1.29, 1.82) is 0 Å². The smallest absolute Gasteiger partial charge is 0.0619 e. The molecule has 2 unspecified atom stereocenters. The van der Waals surface area contributed by atoms with E-state index >= 15 is 0 Å². The zero-order chi connectivity index (χ0) is 37.1. The van der Waals surface area contributed by atoms with Crippen molar-refractivity contribution in [3.05, 3.63) is 199 Å². The summed E-state index contributed by atoms with van der Waals surface area (Å²) < 4.78 is 2.53. The van der Waals surface area contributed by atoms with E-state index in [2.05, 4.69) is 207 Å². The maximum atomic E-state index is 2.59. The van der Waals surface area contributed by atoms with Gasteiger partial charge >= 0.3 is 0 Å². The lowest BCUT2D eigenvalue weighted by atomic mass is 9.74. The van der Waals surface area contributed by atoms with Gasteiger partial charge in [0.2, 0.25) is 0 Å². The Balaban J connectivity index is 1.26. The lowest BCUT2D eigenvalue weighted by Crippen LogP contribution is -2.24. The Morgan fingerprint density at radius 2 is 1.02 bits per heavy atom. The minimum absolute atomic E-state index is 0.0230. The Hall–Kier alpha value is -6.70. The maximum Gasteiger partial charge on any atom is 0.0619 e. The predicted molar refractivity (Wildman–Crippen MR) is 239 cm³/mol. The molecule has 1 nitrogen and oxygen atoms in total. The molecule has 10 aromatic rings. The van der Waals surface area contributed by atoms with Crippen LogP contribution in [-0.4, -0.2) is 4.57 Å². The number of rotatable bonds is 3. The molecule has 56 heavy (non-hydrogen) atoms. The van der Waals surface area contributed by atoms with Crippen LogP contribution in [-0.2, 0) is 5.41 Å². The van der Waals surface area contributed by atoms with Crippen molar-refractivity contribution in [2.45, 2.75) is 25.2 Å². The van der Waals surface area contributed by atoms with Crippen molar-refractivity contribution < 1.29 is 0 Å². The number of para-hydroxylation sites is 2. The summed E-state index contributed by atoms with van der Waals surface area (Å²) in [6.45, 7) is 4.91. The van der Waals surface area contributed by atoms with Crippen LogP contribution in [0.25, 0.3) is 92.8 Å². The summed E-state index contributed by atoms with van der Waals surface area (Å²) in [6, 6.07) is 61.5. The van der Waals surface area contributed by atoms with Gasteiger partial charge in [-0.2, -0.15) is 0 Å².